The van der Waals surface area contributed by atoms with Gasteiger partial charge < -0.3 is 0 Å². The van der Waals surface area contributed by atoms with Crippen molar-refractivity contribution < 1.29 is 4.39 Å². The van der Waals surface area contributed by atoms with E-state index in [0.29, 0.717) is 5.56 Å². The third kappa shape index (κ3) is 1.45. The summed E-state index contributed by atoms with van der Waals surface area (Å²) in [5, 5.41) is 10.5. The first kappa shape index (κ1) is 8.71. The molecule has 1 atom stereocenters. The average Bonchev–Trinajstić information content (AvgIpc) is 2.27. The van der Waals surface area contributed by atoms with Gasteiger partial charge in [-0.2, -0.15) is 5.26 Å². The summed E-state index contributed by atoms with van der Waals surface area (Å²) in [6.45, 7) is 0. The molecule has 0 amide bonds. The Morgan fingerprint density at radius 1 is 1.07 bits per heavy atom. The Kier molecular flexibility index (Phi) is 2.16. The van der Waals surface area contributed by atoms with E-state index < -0.39 is 6.17 Å². The molecule has 0 saturated carbocycles. The summed E-state index contributed by atoms with van der Waals surface area (Å²) < 4.78 is 13.0. The topological polar surface area (TPSA) is 23.8 Å². The molecule has 0 aromatic heterocycles. The maximum Gasteiger partial charge on any atom is 0.211 e. The third-order valence-electron chi connectivity index (χ3n) is 2.18. The molecule has 0 fully saturated rings. The molecule has 2 heteroatoms. The van der Waals surface area contributed by atoms with E-state index >= 15 is 0 Å². The van der Waals surface area contributed by atoms with Crippen LogP contribution in [0.15, 0.2) is 42.5 Å². The SMILES string of the molecule is N#CC(F)c1ccc2ccccc2c1. The maximum atomic E-state index is 13.0. The van der Waals surface area contributed by atoms with Crippen LogP contribution in [0.4, 0.5) is 4.39 Å². The monoisotopic (exact) mass is 185 g/mol. The molecule has 0 N–H and O–H groups in total. The van der Waals surface area contributed by atoms with E-state index in [1.807, 2.05) is 30.3 Å². The molecule has 0 aliphatic rings. The molecule has 0 saturated heterocycles. The van der Waals surface area contributed by atoms with Gasteiger partial charge in [-0.1, -0.05) is 36.4 Å². The van der Waals surface area contributed by atoms with Gasteiger partial charge in [0.2, 0.25) is 6.17 Å². The lowest BCUT2D eigenvalue weighted by Crippen LogP contribution is -1.86. The van der Waals surface area contributed by atoms with Crippen LogP contribution in [0.3, 0.4) is 0 Å². The van der Waals surface area contributed by atoms with Crippen LogP contribution in [-0.2, 0) is 0 Å². The number of halogens is 1. The van der Waals surface area contributed by atoms with Crippen molar-refractivity contribution in [1.82, 2.24) is 0 Å². The van der Waals surface area contributed by atoms with Gasteiger partial charge in [0, 0.05) is 5.56 Å². The normalized spacial score (nSPS) is 12.3. The Labute approximate surface area is 81.4 Å². The van der Waals surface area contributed by atoms with Crippen LogP contribution in [0.25, 0.3) is 10.8 Å². The molecule has 2 aromatic rings. The van der Waals surface area contributed by atoms with Crippen molar-refractivity contribution >= 4 is 10.8 Å². The summed E-state index contributed by atoms with van der Waals surface area (Å²) in [4.78, 5) is 0. The fourth-order valence-electron chi connectivity index (χ4n) is 1.44. The van der Waals surface area contributed by atoms with Crippen LogP contribution in [-0.4, -0.2) is 0 Å². The molecule has 2 aromatic carbocycles. The van der Waals surface area contributed by atoms with Gasteiger partial charge >= 0.3 is 0 Å². The molecule has 14 heavy (non-hydrogen) atoms. The Morgan fingerprint density at radius 3 is 2.50 bits per heavy atom. The number of hydrogen-bond acceptors (Lipinski definition) is 1. The number of benzene rings is 2. The number of hydrogen-bond donors (Lipinski definition) is 0. The van der Waals surface area contributed by atoms with Crippen LogP contribution >= 0.6 is 0 Å². The Bertz CT molecular complexity index is 499. The van der Waals surface area contributed by atoms with Gasteiger partial charge in [-0.15, -0.1) is 0 Å². The molecule has 0 radical (unpaired) electrons. The van der Waals surface area contributed by atoms with Crippen molar-refractivity contribution in [2.24, 2.45) is 0 Å². The van der Waals surface area contributed by atoms with Crippen molar-refractivity contribution in [3.63, 3.8) is 0 Å². The first-order chi connectivity index (χ1) is 6.81. The predicted octanol–water partition coefficient (Wildman–Crippen LogP) is 3.37. The summed E-state index contributed by atoms with van der Waals surface area (Å²) in [5.74, 6) is 0. The van der Waals surface area contributed by atoms with Crippen LogP contribution in [0.2, 0.25) is 0 Å². The lowest BCUT2D eigenvalue weighted by molar-refractivity contribution is 0.424. The molecular weight excluding hydrogens is 177 g/mol. The maximum absolute atomic E-state index is 13.0. The molecule has 0 aliphatic heterocycles. The van der Waals surface area contributed by atoms with E-state index in [4.69, 9.17) is 5.26 Å². The molecule has 0 heterocycles. The third-order valence-corrected chi connectivity index (χ3v) is 2.18. The molecule has 0 bridgehead atoms. The fraction of sp³-hybridized carbons (Fsp3) is 0.0833. The number of nitrogens with zero attached hydrogens (tertiary/aromatic N) is 1. The van der Waals surface area contributed by atoms with Gasteiger partial charge in [-0.05, 0) is 16.8 Å². The predicted molar refractivity (Wildman–Crippen MR) is 53.4 cm³/mol. The molecule has 0 spiro atoms. The highest BCUT2D eigenvalue weighted by Gasteiger charge is 2.07. The number of alkyl halides is 1. The summed E-state index contributed by atoms with van der Waals surface area (Å²) in [7, 11) is 0. The van der Waals surface area contributed by atoms with Gasteiger partial charge in [-0.25, -0.2) is 4.39 Å². The largest absolute Gasteiger partial charge is 0.226 e. The number of nitriles is 1. The van der Waals surface area contributed by atoms with E-state index in [2.05, 4.69) is 0 Å². The standard InChI is InChI=1S/C12H8FN/c13-12(8-14)11-6-5-9-3-1-2-4-10(9)7-11/h1-7,12H. The Morgan fingerprint density at radius 2 is 1.79 bits per heavy atom. The minimum atomic E-state index is -1.53. The zero-order valence-electron chi connectivity index (χ0n) is 7.44. The van der Waals surface area contributed by atoms with Crippen LogP contribution < -0.4 is 0 Å². The zero-order chi connectivity index (χ0) is 9.97. The molecule has 1 nitrogen and oxygen atoms in total. The molecule has 0 aliphatic carbocycles. The number of fused-ring (bicyclic) bond motifs is 1. The van der Waals surface area contributed by atoms with Gasteiger partial charge in [-0.3, -0.25) is 0 Å². The highest BCUT2D eigenvalue weighted by molar-refractivity contribution is 5.83. The van der Waals surface area contributed by atoms with E-state index in [1.165, 1.54) is 0 Å². The van der Waals surface area contributed by atoms with E-state index in [0.717, 1.165) is 10.8 Å². The van der Waals surface area contributed by atoms with Crippen molar-refractivity contribution in [2.45, 2.75) is 6.17 Å². The highest BCUT2D eigenvalue weighted by Crippen LogP contribution is 2.21. The second kappa shape index (κ2) is 3.47. The molecular formula is C12H8FN. The van der Waals surface area contributed by atoms with E-state index in [1.54, 1.807) is 18.2 Å². The second-order valence-electron chi connectivity index (χ2n) is 3.10. The lowest BCUT2D eigenvalue weighted by atomic mass is 10.0. The van der Waals surface area contributed by atoms with Crippen LogP contribution in [0.1, 0.15) is 11.7 Å². The second-order valence-corrected chi connectivity index (χ2v) is 3.10. The lowest BCUT2D eigenvalue weighted by Gasteiger charge is -2.02. The first-order valence-electron chi connectivity index (χ1n) is 4.33. The summed E-state index contributed by atoms with van der Waals surface area (Å²) in [5.41, 5.74) is 0.422. The van der Waals surface area contributed by atoms with E-state index in [9.17, 15) is 4.39 Å². The van der Waals surface area contributed by atoms with Crippen molar-refractivity contribution in [3.8, 4) is 6.07 Å². The minimum absolute atomic E-state index is 0.422. The van der Waals surface area contributed by atoms with Gasteiger partial charge in [0.15, 0.2) is 0 Å². The fourth-order valence-corrected chi connectivity index (χ4v) is 1.44. The molecule has 1 unspecified atom stereocenters. The Balaban J connectivity index is 2.58. The summed E-state index contributed by atoms with van der Waals surface area (Å²) in [6.07, 6.45) is -1.53. The average molecular weight is 185 g/mol. The molecule has 2 rings (SSSR count). The smallest absolute Gasteiger partial charge is 0.211 e. The van der Waals surface area contributed by atoms with Crippen LogP contribution in [0, 0.1) is 11.3 Å². The highest BCUT2D eigenvalue weighted by atomic mass is 19.1. The first-order valence-corrected chi connectivity index (χ1v) is 4.33. The quantitative estimate of drug-likeness (QED) is 0.668. The van der Waals surface area contributed by atoms with Crippen molar-refractivity contribution in [3.05, 3.63) is 48.0 Å². The van der Waals surface area contributed by atoms with Crippen molar-refractivity contribution in [1.29, 1.82) is 5.26 Å². The van der Waals surface area contributed by atoms with Gasteiger partial charge in [0.25, 0.3) is 0 Å². The zero-order valence-corrected chi connectivity index (χ0v) is 7.44. The number of rotatable bonds is 1. The summed E-state index contributed by atoms with van der Waals surface area (Å²) in [6, 6.07) is 14.5. The molecule has 68 valence electrons. The van der Waals surface area contributed by atoms with Gasteiger partial charge in [0.1, 0.15) is 6.07 Å². The minimum Gasteiger partial charge on any atom is -0.226 e. The Hall–Kier alpha value is -1.88. The van der Waals surface area contributed by atoms with Crippen LogP contribution in [0.5, 0.6) is 0 Å². The van der Waals surface area contributed by atoms with Gasteiger partial charge in [0.05, 0.1) is 0 Å². The van der Waals surface area contributed by atoms with Crippen molar-refractivity contribution in [2.75, 3.05) is 0 Å². The van der Waals surface area contributed by atoms with E-state index in [-0.39, 0.29) is 0 Å². The summed E-state index contributed by atoms with van der Waals surface area (Å²) >= 11 is 0.